The van der Waals surface area contributed by atoms with Crippen molar-refractivity contribution in [2.24, 2.45) is 5.92 Å². The fourth-order valence-electron chi connectivity index (χ4n) is 6.61. The molecule has 2 atom stereocenters. The first kappa shape index (κ1) is 23.1. The van der Waals surface area contributed by atoms with Gasteiger partial charge in [0.05, 0.1) is 17.1 Å². The number of rotatable bonds is 3. The molecule has 0 amide bonds. The van der Waals surface area contributed by atoms with Crippen molar-refractivity contribution in [3.8, 4) is 28.3 Å². The van der Waals surface area contributed by atoms with Gasteiger partial charge in [0.25, 0.3) is 0 Å². The first-order valence-corrected chi connectivity index (χ1v) is 13.5. The van der Waals surface area contributed by atoms with Crippen molar-refractivity contribution in [2.45, 2.75) is 69.6 Å². The summed E-state index contributed by atoms with van der Waals surface area (Å²) in [6.45, 7) is -0.222. The van der Waals surface area contributed by atoms with Gasteiger partial charge in [-0.1, -0.05) is 0 Å². The number of benzene rings is 1. The second-order valence-corrected chi connectivity index (χ2v) is 11.6. The van der Waals surface area contributed by atoms with Gasteiger partial charge in [-0.05, 0) is 69.2 Å². The van der Waals surface area contributed by atoms with Crippen LogP contribution in [0.25, 0.3) is 22.5 Å². The molecular weight excluding hydrogens is 505 g/mol. The lowest BCUT2D eigenvalue weighted by atomic mass is 9.87. The number of hydrogen-bond donors (Lipinski definition) is 1. The number of ether oxygens (including phenoxy) is 1. The summed E-state index contributed by atoms with van der Waals surface area (Å²) in [5.74, 6) is 0.547. The number of nitrogens with zero attached hydrogens (tertiary/aromatic N) is 5. The maximum absolute atomic E-state index is 14.6. The van der Waals surface area contributed by atoms with Gasteiger partial charge in [0.1, 0.15) is 11.9 Å². The van der Waals surface area contributed by atoms with E-state index in [1.54, 1.807) is 19.2 Å². The highest BCUT2D eigenvalue weighted by molar-refractivity contribution is 5.75. The molecule has 0 saturated heterocycles. The Morgan fingerprint density at radius 3 is 2.72 bits per heavy atom. The smallest absolute Gasteiger partial charge is 0.333 e. The third-order valence-corrected chi connectivity index (χ3v) is 8.92. The minimum atomic E-state index is -2.81. The molecule has 0 radical (unpaired) electrons. The van der Waals surface area contributed by atoms with E-state index in [9.17, 15) is 13.2 Å². The first-order valence-electron chi connectivity index (χ1n) is 13.5. The summed E-state index contributed by atoms with van der Waals surface area (Å²) in [5.41, 5.74) is 12.3. The second kappa shape index (κ2) is 7.86. The predicted molar refractivity (Wildman–Crippen MR) is 138 cm³/mol. The average molecular weight is 533 g/mol. The molecular formula is C29H27F3N6O. The summed E-state index contributed by atoms with van der Waals surface area (Å²) in [5, 5.41) is 9.57. The molecule has 10 heteroatoms. The SMILES string of the molecule is C[C@H]1Oc2cc(cnc2N)-c2c3c(nn2CC2CC2)C2(CC2)CC3c2cn(C(F)F)nc2-c2ccc(F)cc21. The van der Waals surface area contributed by atoms with Crippen molar-refractivity contribution < 1.29 is 17.9 Å². The third kappa shape index (κ3) is 3.46. The van der Waals surface area contributed by atoms with Crippen molar-refractivity contribution in [1.82, 2.24) is 24.5 Å². The minimum absolute atomic E-state index is 0.0621. The predicted octanol–water partition coefficient (Wildman–Crippen LogP) is 6.36. The van der Waals surface area contributed by atoms with E-state index >= 15 is 0 Å². The van der Waals surface area contributed by atoms with E-state index < -0.39 is 18.5 Å². The van der Waals surface area contributed by atoms with Crippen LogP contribution < -0.4 is 10.5 Å². The van der Waals surface area contributed by atoms with Crippen LogP contribution in [-0.4, -0.2) is 24.5 Å². The van der Waals surface area contributed by atoms with Crippen LogP contribution in [0.4, 0.5) is 19.0 Å². The molecule has 8 rings (SSSR count). The standard InChI is InChI=1S/C29H27F3N6O/c1-14-19-9-17(30)4-5-18(19)24-21(13-38(35-24)28(31)32)20-10-29(6-7-29)26-23(20)25(37(36-26)12-15-2-3-15)16-8-22(39-14)27(33)34-11-16/h4-5,8-9,11,13-15,20,28H,2-3,6-7,10,12H2,1H3,(H2,33,34)/t14-,20?/m1/s1. The molecule has 7 nitrogen and oxygen atoms in total. The Bertz CT molecular complexity index is 1650. The summed E-state index contributed by atoms with van der Waals surface area (Å²) < 4.78 is 51.9. The number of pyridine rings is 1. The van der Waals surface area contributed by atoms with Crippen LogP contribution in [0.5, 0.6) is 5.75 Å². The van der Waals surface area contributed by atoms with Crippen molar-refractivity contribution >= 4 is 5.82 Å². The molecule has 2 bridgehead atoms. The van der Waals surface area contributed by atoms with Gasteiger partial charge in [-0.3, -0.25) is 4.68 Å². The molecule has 1 spiro atoms. The van der Waals surface area contributed by atoms with Crippen LogP contribution in [0.15, 0.2) is 36.7 Å². The van der Waals surface area contributed by atoms with Gasteiger partial charge in [-0.15, -0.1) is 0 Å². The number of aromatic nitrogens is 5. The molecule has 1 aliphatic heterocycles. The monoisotopic (exact) mass is 532 g/mol. The van der Waals surface area contributed by atoms with E-state index in [1.807, 2.05) is 6.07 Å². The van der Waals surface area contributed by atoms with E-state index in [0.717, 1.165) is 48.3 Å². The summed E-state index contributed by atoms with van der Waals surface area (Å²) in [6.07, 6.45) is 7.71. The highest BCUT2D eigenvalue weighted by Crippen LogP contribution is 2.64. The largest absolute Gasteiger partial charge is 0.482 e. The van der Waals surface area contributed by atoms with Gasteiger partial charge in [0.15, 0.2) is 11.6 Å². The van der Waals surface area contributed by atoms with Gasteiger partial charge < -0.3 is 10.5 Å². The maximum Gasteiger partial charge on any atom is 0.333 e. The van der Waals surface area contributed by atoms with E-state index in [0.29, 0.717) is 38.7 Å². The summed E-state index contributed by atoms with van der Waals surface area (Å²) in [6, 6.07) is 6.21. The van der Waals surface area contributed by atoms with Crippen LogP contribution >= 0.6 is 0 Å². The number of alkyl halides is 2. The highest BCUT2D eigenvalue weighted by Gasteiger charge is 2.57. The Kier molecular flexibility index (Phi) is 4.66. The molecule has 2 N–H and O–H groups in total. The molecule has 3 aromatic heterocycles. The zero-order valence-electron chi connectivity index (χ0n) is 21.4. The number of nitrogens with two attached hydrogens (primary N) is 1. The zero-order valence-corrected chi connectivity index (χ0v) is 21.4. The molecule has 200 valence electrons. The summed E-state index contributed by atoms with van der Waals surface area (Å²) in [7, 11) is 0. The Morgan fingerprint density at radius 1 is 1.15 bits per heavy atom. The number of fused-ring (bicyclic) bond motifs is 8. The molecule has 39 heavy (non-hydrogen) atoms. The zero-order chi connectivity index (χ0) is 26.6. The van der Waals surface area contributed by atoms with E-state index in [4.69, 9.17) is 15.6 Å². The Labute approximate surface area is 222 Å². The Balaban J connectivity index is 1.45. The molecule has 2 fully saturated rings. The molecule has 4 heterocycles. The van der Waals surface area contributed by atoms with E-state index in [1.165, 1.54) is 31.2 Å². The van der Waals surface area contributed by atoms with Gasteiger partial charge in [0, 0.05) is 58.1 Å². The molecule has 1 unspecified atom stereocenters. The summed E-state index contributed by atoms with van der Waals surface area (Å²) >= 11 is 0. The lowest BCUT2D eigenvalue weighted by molar-refractivity contribution is 0.0567. The lowest BCUT2D eigenvalue weighted by Gasteiger charge is -2.22. The van der Waals surface area contributed by atoms with Gasteiger partial charge in [-0.2, -0.15) is 19.0 Å². The highest BCUT2D eigenvalue weighted by atomic mass is 19.3. The molecule has 4 aliphatic rings. The minimum Gasteiger partial charge on any atom is -0.482 e. The Morgan fingerprint density at radius 2 is 1.97 bits per heavy atom. The lowest BCUT2D eigenvalue weighted by Crippen LogP contribution is -2.12. The first-order chi connectivity index (χ1) is 18.8. The summed E-state index contributed by atoms with van der Waals surface area (Å²) in [4.78, 5) is 4.47. The number of nitrogen functional groups attached to an aromatic ring is 1. The van der Waals surface area contributed by atoms with Crippen molar-refractivity contribution in [2.75, 3.05) is 5.73 Å². The Hall–Kier alpha value is -3.82. The topological polar surface area (TPSA) is 83.8 Å². The van der Waals surface area contributed by atoms with Gasteiger partial charge in [-0.25, -0.2) is 14.1 Å². The van der Waals surface area contributed by atoms with Crippen molar-refractivity contribution in [3.05, 3.63) is 64.9 Å². The average Bonchev–Trinajstić information content (AvgIpc) is 3.77. The van der Waals surface area contributed by atoms with Crippen LogP contribution in [0.3, 0.4) is 0 Å². The van der Waals surface area contributed by atoms with Gasteiger partial charge in [0.2, 0.25) is 0 Å². The van der Waals surface area contributed by atoms with E-state index in [-0.39, 0.29) is 17.2 Å². The fraction of sp³-hybridized carbons (Fsp3) is 0.414. The van der Waals surface area contributed by atoms with Crippen LogP contribution in [-0.2, 0) is 12.0 Å². The molecule has 3 aliphatic carbocycles. The van der Waals surface area contributed by atoms with Crippen molar-refractivity contribution in [3.63, 3.8) is 0 Å². The molecule has 1 aromatic carbocycles. The van der Waals surface area contributed by atoms with E-state index in [2.05, 4.69) is 14.8 Å². The molecule has 4 aromatic rings. The fourth-order valence-corrected chi connectivity index (χ4v) is 6.61. The van der Waals surface area contributed by atoms with Crippen LogP contribution in [0.2, 0.25) is 0 Å². The van der Waals surface area contributed by atoms with Crippen LogP contribution in [0.1, 0.15) is 80.0 Å². The quantitative estimate of drug-likeness (QED) is 0.332. The van der Waals surface area contributed by atoms with Crippen LogP contribution in [0, 0.1) is 11.7 Å². The number of halogens is 3. The molecule has 2 saturated carbocycles. The maximum atomic E-state index is 14.6. The number of hydrogen-bond acceptors (Lipinski definition) is 5. The second-order valence-electron chi connectivity index (χ2n) is 11.6. The third-order valence-electron chi connectivity index (χ3n) is 8.92. The normalized spacial score (nSPS) is 22.1. The van der Waals surface area contributed by atoms with Gasteiger partial charge >= 0.3 is 6.55 Å². The number of anilines is 1. The van der Waals surface area contributed by atoms with Crippen molar-refractivity contribution in [1.29, 1.82) is 0 Å².